The highest BCUT2D eigenvalue weighted by Crippen LogP contribution is 1.94. The van der Waals surface area contributed by atoms with Gasteiger partial charge >= 0.3 is 0 Å². The molecule has 1 aromatic heterocycles. The van der Waals surface area contributed by atoms with Crippen LogP contribution in [0.15, 0.2) is 24.5 Å². The minimum atomic E-state index is -0.292. The zero-order valence-electron chi connectivity index (χ0n) is 9.19. The Labute approximate surface area is 94.3 Å². The van der Waals surface area contributed by atoms with Gasteiger partial charge in [-0.25, -0.2) is 0 Å². The highest BCUT2D eigenvalue weighted by molar-refractivity contribution is 5.96. The number of nitrogens with zero attached hydrogens (tertiary/aromatic N) is 1. The Morgan fingerprint density at radius 3 is 2.81 bits per heavy atom. The van der Waals surface area contributed by atoms with Crippen molar-refractivity contribution in [2.24, 2.45) is 0 Å². The Hall–Kier alpha value is -1.91. The molecule has 0 unspecified atom stereocenters. The molecule has 5 heteroatoms. The van der Waals surface area contributed by atoms with Gasteiger partial charge in [0, 0.05) is 18.9 Å². The summed E-state index contributed by atoms with van der Waals surface area (Å²) in [6, 6.07) is 3.32. The average molecular weight is 221 g/mol. The van der Waals surface area contributed by atoms with Gasteiger partial charge in [-0.3, -0.25) is 14.6 Å². The van der Waals surface area contributed by atoms with E-state index in [0.717, 1.165) is 6.42 Å². The molecular formula is C11H15N3O2. The van der Waals surface area contributed by atoms with Gasteiger partial charge in [0.05, 0.1) is 12.1 Å². The molecule has 1 heterocycles. The third-order valence-electron chi connectivity index (χ3n) is 1.91. The molecular weight excluding hydrogens is 206 g/mol. The van der Waals surface area contributed by atoms with E-state index < -0.39 is 0 Å². The van der Waals surface area contributed by atoms with Crippen molar-refractivity contribution in [3.05, 3.63) is 30.1 Å². The van der Waals surface area contributed by atoms with Gasteiger partial charge in [-0.15, -0.1) is 0 Å². The molecule has 0 atom stereocenters. The normalized spacial score (nSPS) is 9.56. The third kappa shape index (κ3) is 4.08. The first-order chi connectivity index (χ1) is 7.74. The second kappa shape index (κ2) is 6.55. The molecule has 1 aromatic rings. The molecule has 0 aliphatic heterocycles. The molecule has 0 fully saturated rings. The number of aromatic nitrogens is 1. The summed E-state index contributed by atoms with van der Waals surface area (Å²) in [4.78, 5) is 26.5. The smallest absolute Gasteiger partial charge is 0.253 e. The van der Waals surface area contributed by atoms with Crippen LogP contribution in [-0.4, -0.2) is 29.9 Å². The lowest BCUT2D eigenvalue weighted by molar-refractivity contribution is -0.120. The molecule has 2 N–H and O–H groups in total. The van der Waals surface area contributed by atoms with Gasteiger partial charge in [0.25, 0.3) is 5.91 Å². The minimum Gasteiger partial charge on any atom is -0.355 e. The van der Waals surface area contributed by atoms with Crippen LogP contribution >= 0.6 is 0 Å². The minimum absolute atomic E-state index is 0.00622. The third-order valence-corrected chi connectivity index (χ3v) is 1.91. The first kappa shape index (κ1) is 12.2. The summed E-state index contributed by atoms with van der Waals surface area (Å²) in [5.74, 6) is -0.473. The van der Waals surface area contributed by atoms with E-state index in [1.165, 1.54) is 6.20 Å². The number of pyridine rings is 1. The lowest BCUT2D eigenvalue weighted by Gasteiger charge is -2.05. The maximum Gasteiger partial charge on any atom is 0.253 e. The lowest BCUT2D eigenvalue weighted by Crippen LogP contribution is -2.37. The second-order valence-corrected chi connectivity index (χ2v) is 3.27. The molecule has 0 radical (unpaired) electrons. The van der Waals surface area contributed by atoms with E-state index in [2.05, 4.69) is 15.6 Å². The van der Waals surface area contributed by atoms with E-state index >= 15 is 0 Å². The summed E-state index contributed by atoms with van der Waals surface area (Å²) in [7, 11) is 0. The molecule has 0 aliphatic carbocycles. The largest absolute Gasteiger partial charge is 0.355 e. The first-order valence-electron chi connectivity index (χ1n) is 5.19. The van der Waals surface area contributed by atoms with Crippen molar-refractivity contribution in [3.63, 3.8) is 0 Å². The molecule has 1 rings (SSSR count). The van der Waals surface area contributed by atoms with Crippen LogP contribution in [-0.2, 0) is 4.79 Å². The summed E-state index contributed by atoms with van der Waals surface area (Å²) < 4.78 is 0. The van der Waals surface area contributed by atoms with Crippen LogP contribution in [0.5, 0.6) is 0 Å². The number of hydrogen-bond donors (Lipinski definition) is 2. The lowest BCUT2D eigenvalue weighted by atomic mass is 10.3. The standard InChI is InChI=1S/C11H15N3O2/c1-2-5-13-10(15)8-14-11(16)9-4-3-6-12-7-9/h3-4,6-7H,2,5,8H2,1H3,(H,13,15)(H,14,16). The molecule has 5 nitrogen and oxygen atoms in total. The molecule has 2 amide bonds. The Morgan fingerprint density at radius 1 is 1.38 bits per heavy atom. The van der Waals surface area contributed by atoms with Crippen LogP contribution in [0.3, 0.4) is 0 Å². The maximum absolute atomic E-state index is 11.5. The number of carbonyl (C=O) groups is 2. The zero-order chi connectivity index (χ0) is 11.8. The molecule has 0 saturated heterocycles. The predicted molar refractivity (Wildman–Crippen MR) is 59.9 cm³/mol. The van der Waals surface area contributed by atoms with Crippen molar-refractivity contribution in [2.75, 3.05) is 13.1 Å². The Bertz CT molecular complexity index is 352. The van der Waals surface area contributed by atoms with E-state index in [-0.39, 0.29) is 18.4 Å². The molecule has 0 aromatic carbocycles. The number of rotatable bonds is 5. The number of hydrogen-bond acceptors (Lipinski definition) is 3. The van der Waals surface area contributed by atoms with Crippen LogP contribution in [0.1, 0.15) is 23.7 Å². The number of carbonyl (C=O) groups excluding carboxylic acids is 2. The number of nitrogens with one attached hydrogen (secondary N) is 2. The van der Waals surface area contributed by atoms with Gasteiger partial charge in [0.2, 0.25) is 5.91 Å². The number of amides is 2. The van der Waals surface area contributed by atoms with Gasteiger partial charge in [-0.05, 0) is 18.6 Å². The molecule has 0 spiro atoms. The van der Waals surface area contributed by atoms with Crippen LogP contribution < -0.4 is 10.6 Å². The van der Waals surface area contributed by atoms with Crippen LogP contribution in [0, 0.1) is 0 Å². The topological polar surface area (TPSA) is 71.1 Å². The Balaban J connectivity index is 2.33. The van der Waals surface area contributed by atoms with Crippen molar-refractivity contribution >= 4 is 11.8 Å². The molecule has 0 aliphatic rings. The highest BCUT2D eigenvalue weighted by atomic mass is 16.2. The molecule has 86 valence electrons. The van der Waals surface area contributed by atoms with Crippen molar-refractivity contribution in [1.29, 1.82) is 0 Å². The predicted octanol–water partition coefficient (Wildman–Crippen LogP) is 0.338. The summed E-state index contributed by atoms with van der Waals surface area (Å²) in [5.41, 5.74) is 0.450. The zero-order valence-corrected chi connectivity index (χ0v) is 9.19. The van der Waals surface area contributed by atoms with Crippen molar-refractivity contribution in [3.8, 4) is 0 Å². The maximum atomic E-state index is 11.5. The quantitative estimate of drug-likeness (QED) is 0.753. The van der Waals surface area contributed by atoms with E-state index in [1.54, 1.807) is 18.3 Å². The van der Waals surface area contributed by atoms with Crippen molar-refractivity contribution < 1.29 is 9.59 Å². The fourth-order valence-electron chi connectivity index (χ4n) is 1.09. The van der Waals surface area contributed by atoms with Gasteiger partial charge in [0.15, 0.2) is 0 Å². The summed E-state index contributed by atoms with van der Waals surface area (Å²) in [6.45, 7) is 2.59. The summed E-state index contributed by atoms with van der Waals surface area (Å²) in [6.07, 6.45) is 3.92. The fourth-order valence-corrected chi connectivity index (χ4v) is 1.09. The van der Waals surface area contributed by atoms with E-state index in [9.17, 15) is 9.59 Å². The van der Waals surface area contributed by atoms with Crippen LogP contribution in [0.4, 0.5) is 0 Å². The second-order valence-electron chi connectivity index (χ2n) is 3.27. The fraction of sp³-hybridized carbons (Fsp3) is 0.364. The molecule has 16 heavy (non-hydrogen) atoms. The highest BCUT2D eigenvalue weighted by Gasteiger charge is 2.06. The van der Waals surface area contributed by atoms with E-state index in [4.69, 9.17) is 0 Å². The Morgan fingerprint density at radius 2 is 2.19 bits per heavy atom. The van der Waals surface area contributed by atoms with E-state index in [1.807, 2.05) is 6.92 Å². The van der Waals surface area contributed by atoms with Gasteiger partial charge in [-0.1, -0.05) is 6.92 Å². The first-order valence-corrected chi connectivity index (χ1v) is 5.19. The van der Waals surface area contributed by atoms with Gasteiger partial charge in [0.1, 0.15) is 0 Å². The van der Waals surface area contributed by atoms with E-state index in [0.29, 0.717) is 12.1 Å². The monoisotopic (exact) mass is 221 g/mol. The summed E-state index contributed by atoms with van der Waals surface area (Å²) in [5, 5.41) is 5.19. The average Bonchev–Trinajstić information content (AvgIpc) is 2.34. The van der Waals surface area contributed by atoms with Crippen LogP contribution in [0.2, 0.25) is 0 Å². The molecule has 0 bridgehead atoms. The van der Waals surface area contributed by atoms with Gasteiger partial charge in [-0.2, -0.15) is 0 Å². The van der Waals surface area contributed by atoms with Crippen molar-refractivity contribution in [2.45, 2.75) is 13.3 Å². The molecule has 0 saturated carbocycles. The van der Waals surface area contributed by atoms with Crippen molar-refractivity contribution in [1.82, 2.24) is 15.6 Å². The van der Waals surface area contributed by atoms with Gasteiger partial charge < -0.3 is 10.6 Å². The summed E-state index contributed by atoms with van der Waals surface area (Å²) >= 11 is 0. The Kier molecular flexibility index (Phi) is 4.98. The van der Waals surface area contributed by atoms with Crippen LogP contribution in [0.25, 0.3) is 0 Å². The SMILES string of the molecule is CCCNC(=O)CNC(=O)c1cccnc1.